The molecule has 124 valence electrons. The Bertz CT molecular complexity index is 934. The van der Waals surface area contributed by atoms with E-state index in [4.69, 9.17) is 4.52 Å². The highest BCUT2D eigenvalue weighted by Gasteiger charge is 2.29. The maximum atomic E-state index is 12.8. The maximum Gasteiger partial charge on any atom is 0.294 e. The number of aromatic nitrogens is 2. The van der Waals surface area contributed by atoms with Gasteiger partial charge in [0.25, 0.3) is 11.7 Å². The van der Waals surface area contributed by atoms with E-state index < -0.39 is 11.7 Å². The van der Waals surface area contributed by atoms with E-state index in [9.17, 15) is 9.59 Å². The first-order valence-corrected chi connectivity index (χ1v) is 7.77. The lowest BCUT2D eigenvalue weighted by Crippen LogP contribution is -2.30. The Balaban J connectivity index is 2.32. The zero-order valence-electron chi connectivity index (χ0n) is 14.1. The van der Waals surface area contributed by atoms with Gasteiger partial charge in [-0.05, 0) is 13.0 Å². The number of aromatic amines is 1. The third-order valence-corrected chi connectivity index (χ3v) is 4.04. The fourth-order valence-corrected chi connectivity index (χ4v) is 2.85. The van der Waals surface area contributed by atoms with E-state index >= 15 is 0 Å². The lowest BCUT2D eigenvalue weighted by atomic mass is 9.99. The van der Waals surface area contributed by atoms with Gasteiger partial charge in [-0.25, -0.2) is 0 Å². The summed E-state index contributed by atoms with van der Waals surface area (Å²) in [5, 5.41) is 4.73. The van der Waals surface area contributed by atoms with Crippen LogP contribution in [0.2, 0.25) is 0 Å². The summed E-state index contributed by atoms with van der Waals surface area (Å²) in [6.45, 7) is 3.78. The summed E-state index contributed by atoms with van der Waals surface area (Å²) < 4.78 is 5.36. The zero-order chi connectivity index (χ0) is 17.4. The van der Waals surface area contributed by atoms with Crippen LogP contribution in [0.15, 0.2) is 28.8 Å². The predicted molar refractivity (Wildman–Crippen MR) is 90.9 cm³/mol. The van der Waals surface area contributed by atoms with Gasteiger partial charge in [0.15, 0.2) is 0 Å². The molecule has 0 aliphatic heterocycles. The van der Waals surface area contributed by atoms with E-state index in [0.29, 0.717) is 29.1 Å². The third-order valence-electron chi connectivity index (χ3n) is 4.04. The number of hydrogen-bond donors (Lipinski definition) is 1. The molecule has 6 nitrogen and oxygen atoms in total. The second-order valence-electron chi connectivity index (χ2n) is 5.87. The molecule has 3 rings (SSSR count). The van der Waals surface area contributed by atoms with Crippen LogP contribution in [0.1, 0.15) is 28.7 Å². The van der Waals surface area contributed by atoms with Gasteiger partial charge in [0.05, 0.1) is 22.5 Å². The maximum absolute atomic E-state index is 12.8. The molecule has 0 aliphatic carbocycles. The molecule has 1 aromatic carbocycles. The number of rotatable bonds is 4. The fourth-order valence-electron chi connectivity index (χ4n) is 2.85. The minimum atomic E-state index is -0.562. The van der Waals surface area contributed by atoms with Gasteiger partial charge in [-0.2, -0.15) is 0 Å². The number of carbonyl (C=O) groups is 2. The number of para-hydroxylation sites is 1. The molecule has 0 spiro atoms. The van der Waals surface area contributed by atoms with Crippen LogP contribution in [-0.4, -0.2) is 40.8 Å². The van der Waals surface area contributed by atoms with E-state index in [1.165, 1.54) is 4.90 Å². The zero-order valence-corrected chi connectivity index (χ0v) is 14.1. The summed E-state index contributed by atoms with van der Waals surface area (Å²) in [5.41, 5.74) is 3.19. The smallest absolute Gasteiger partial charge is 0.294 e. The van der Waals surface area contributed by atoms with E-state index in [1.807, 2.05) is 38.1 Å². The van der Waals surface area contributed by atoms with Crippen molar-refractivity contribution in [2.24, 2.45) is 0 Å². The number of ketones is 1. The Morgan fingerprint density at radius 3 is 2.62 bits per heavy atom. The second kappa shape index (κ2) is 5.96. The lowest BCUT2D eigenvalue weighted by Gasteiger charge is -2.10. The monoisotopic (exact) mass is 325 g/mol. The number of amides is 1. The Kier molecular flexibility index (Phi) is 3.97. The van der Waals surface area contributed by atoms with Gasteiger partial charge in [0, 0.05) is 31.4 Å². The van der Waals surface area contributed by atoms with Crippen molar-refractivity contribution in [3.8, 4) is 11.3 Å². The van der Waals surface area contributed by atoms with Crippen LogP contribution < -0.4 is 0 Å². The highest BCUT2D eigenvalue weighted by molar-refractivity contribution is 6.46. The SMILES string of the molecule is CCc1onc(C)c1-c1[nH]c2ccccc2c1C(=O)C(=O)N(C)C. The number of nitrogens with zero attached hydrogens (tertiary/aromatic N) is 2. The quantitative estimate of drug-likeness (QED) is 0.591. The molecule has 1 amide bonds. The standard InChI is InChI=1S/C18H19N3O3/c1-5-13-14(10(2)20-24-13)16-15(17(22)18(23)21(3)4)11-8-6-7-9-12(11)19-16/h6-9,19H,5H2,1-4H3. The van der Waals surface area contributed by atoms with Crippen molar-refractivity contribution in [3.63, 3.8) is 0 Å². The summed E-state index contributed by atoms with van der Waals surface area (Å²) in [4.78, 5) is 29.6. The highest BCUT2D eigenvalue weighted by Crippen LogP contribution is 2.35. The van der Waals surface area contributed by atoms with Crippen molar-refractivity contribution in [2.75, 3.05) is 14.1 Å². The van der Waals surface area contributed by atoms with Crippen LogP contribution in [-0.2, 0) is 11.2 Å². The molecular formula is C18H19N3O3. The summed E-state index contributed by atoms with van der Waals surface area (Å²) in [6.07, 6.45) is 0.640. The molecule has 0 aliphatic rings. The molecule has 0 bridgehead atoms. The molecule has 2 heterocycles. The Hall–Kier alpha value is -2.89. The van der Waals surface area contributed by atoms with E-state index in [0.717, 1.165) is 16.5 Å². The van der Waals surface area contributed by atoms with Crippen molar-refractivity contribution in [3.05, 3.63) is 41.3 Å². The van der Waals surface area contributed by atoms with Gasteiger partial charge >= 0.3 is 0 Å². The molecule has 24 heavy (non-hydrogen) atoms. The molecule has 0 radical (unpaired) electrons. The highest BCUT2D eigenvalue weighted by atomic mass is 16.5. The van der Waals surface area contributed by atoms with Gasteiger partial charge in [-0.3, -0.25) is 9.59 Å². The van der Waals surface area contributed by atoms with Crippen LogP contribution in [0, 0.1) is 6.92 Å². The number of hydrogen-bond acceptors (Lipinski definition) is 4. The Morgan fingerprint density at radius 1 is 1.25 bits per heavy atom. The van der Waals surface area contributed by atoms with Gasteiger partial charge in [-0.15, -0.1) is 0 Å². The Morgan fingerprint density at radius 2 is 1.96 bits per heavy atom. The van der Waals surface area contributed by atoms with Gasteiger partial charge < -0.3 is 14.4 Å². The van der Waals surface area contributed by atoms with Gasteiger partial charge in [-0.1, -0.05) is 30.3 Å². The summed E-state index contributed by atoms with van der Waals surface area (Å²) in [7, 11) is 3.13. The number of fused-ring (bicyclic) bond motifs is 1. The lowest BCUT2D eigenvalue weighted by molar-refractivity contribution is -0.124. The average molecular weight is 325 g/mol. The number of aryl methyl sites for hydroxylation is 2. The minimum Gasteiger partial charge on any atom is -0.360 e. The van der Waals surface area contributed by atoms with Crippen LogP contribution in [0.5, 0.6) is 0 Å². The summed E-state index contributed by atoms with van der Waals surface area (Å²) >= 11 is 0. The number of H-pyrrole nitrogens is 1. The molecule has 6 heteroatoms. The van der Waals surface area contributed by atoms with Gasteiger partial charge in [0.2, 0.25) is 0 Å². The summed E-state index contributed by atoms with van der Waals surface area (Å²) in [6, 6.07) is 7.44. The predicted octanol–water partition coefficient (Wildman–Crippen LogP) is 2.96. The van der Waals surface area contributed by atoms with Crippen molar-refractivity contribution in [1.82, 2.24) is 15.0 Å². The molecule has 0 atom stereocenters. The number of carbonyl (C=O) groups excluding carboxylic acids is 2. The first-order valence-electron chi connectivity index (χ1n) is 7.77. The average Bonchev–Trinajstić information content (AvgIpc) is 3.12. The van der Waals surface area contributed by atoms with Crippen molar-refractivity contribution in [2.45, 2.75) is 20.3 Å². The molecule has 0 unspecified atom stereocenters. The fraction of sp³-hybridized carbons (Fsp3) is 0.278. The van der Waals surface area contributed by atoms with Crippen LogP contribution in [0.3, 0.4) is 0 Å². The molecule has 0 fully saturated rings. The number of likely N-dealkylation sites (N-methyl/N-ethyl adjacent to an activating group) is 1. The molecule has 2 aromatic heterocycles. The summed E-state index contributed by atoms with van der Waals surface area (Å²) in [5.74, 6) is -0.423. The molecule has 0 saturated heterocycles. The molecule has 1 N–H and O–H groups in total. The largest absolute Gasteiger partial charge is 0.360 e. The number of nitrogens with one attached hydrogen (secondary N) is 1. The molecule has 3 aromatic rings. The second-order valence-corrected chi connectivity index (χ2v) is 5.87. The van der Waals surface area contributed by atoms with E-state index in [1.54, 1.807) is 14.1 Å². The Labute approximate surface area is 139 Å². The number of Topliss-reactive ketones (excluding diaryl/α,β-unsaturated/α-hetero) is 1. The normalized spacial score (nSPS) is 11.0. The third kappa shape index (κ3) is 2.40. The van der Waals surface area contributed by atoms with Crippen LogP contribution in [0.4, 0.5) is 0 Å². The minimum absolute atomic E-state index is 0.366. The van der Waals surface area contributed by atoms with Gasteiger partial charge in [0.1, 0.15) is 5.76 Å². The van der Waals surface area contributed by atoms with Crippen molar-refractivity contribution in [1.29, 1.82) is 0 Å². The van der Waals surface area contributed by atoms with Crippen molar-refractivity contribution >= 4 is 22.6 Å². The van der Waals surface area contributed by atoms with Crippen molar-refractivity contribution < 1.29 is 14.1 Å². The van der Waals surface area contributed by atoms with Crippen LogP contribution >= 0.6 is 0 Å². The topological polar surface area (TPSA) is 79.2 Å². The van der Waals surface area contributed by atoms with E-state index in [2.05, 4.69) is 10.1 Å². The molecule has 0 saturated carbocycles. The first kappa shape index (κ1) is 16.0. The molecular weight excluding hydrogens is 306 g/mol. The van der Waals surface area contributed by atoms with E-state index in [-0.39, 0.29) is 0 Å². The van der Waals surface area contributed by atoms with Crippen LogP contribution in [0.25, 0.3) is 22.2 Å². The first-order chi connectivity index (χ1) is 11.5. The number of benzene rings is 1.